The number of rotatable bonds is 10. The third-order valence-corrected chi connectivity index (χ3v) is 4.15. The molecule has 1 aromatic rings. The molecule has 1 saturated carbocycles. The Balaban J connectivity index is 1.94. The first-order chi connectivity index (χ1) is 10.2. The fraction of sp³-hybridized carbons (Fsp3) is 0.684. The Labute approximate surface area is 130 Å². The van der Waals surface area contributed by atoms with Crippen molar-refractivity contribution < 1.29 is 0 Å². The van der Waals surface area contributed by atoms with Crippen LogP contribution in [0.2, 0.25) is 0 Å². The van der Waals surface area contributed by atoms with Crippen molar-refractivity contribution >= 4 is 0 Å². The lowest BCUT2D eigenvalue weighted by molar-refractivity contribution is 0.225. The number of benzene rings is 1. The van der Waals surface area contributed by atoms with Crippen LogP contribution in [0.15, 0.2) is 24.3 Å². The number of nitrogens with zero attached hydrogens (tertiary/aromatic N) is 1. The second-order valence-corrected chi connectivity index (χ2v) is 6.82. The molecule has 0 bridgehead atoms. The van der Waals surface area contributed by atoms with Crippen LogP contribution in [0.3, 0.4) is 0 Å². The van der Waals surface area contributed by atoms with E-state index < -0.39 is 0 Å². The Kier molecular flexibility index (Phi) is 6.72. The van der Waals surface area contributed by atoms with Gasteiger partial charge in [-0.05, 0) is 55.8 Å². The Hall–Kier alpha value is -0.860. The number of nitrogens with one attached hydrogen (secondary N) is 1. The van der Waals surface area contributed by atoms with Gasteiger partial charge >= 0.3 is 0 Å². The van der Waals surface area contributed by atoms with Crippen molar-refractivity contribution in [3.63, 3.8) is 0 Å². The topological polar surface area (TPSA) is 15.3 Å². The first-order valence-corrected chi connectivity index (χ1v) is 8.72. The third kappa shape index (κ3) is 5.80. The summed E-state index contributed by atoms with van der Waals surface area (Å²) in [5.74, 6) is 0.754. The lowest BCUT2D eigenvalue weighted by Crippen LogP contribution is -2.30. The van der Waals surface area contributed by atoms with Crippen LogP contribution in [-0.4, -0.2) is 30.6 Å². The highest BCUT2D eigenvalue weighted by molar-refractivity contribution is 5.27. The lowest BCUT2D eigenvalue weighted by atomic mass is 10.0. The molecular weight excluding hydrogens is 256 g/mol. The van der Waals surface area contributed by atoms with Crippen LogP contribution in [0.1, 0.15) is 51.2 Å². The van der Waals surface area contributed by atoms with Gasteiger partial charge in [0.25, 0.3) is 0 Å². The molecule has 118 valence electrons. The smallest absolute Gasteiger partial charge is 0.0239 e. The van der Waals surface area contributed by atoms with Crippen LogP contribution in [-0.2, 0) is 13.0 Å². The van der Waals surface area contributed by atoms with Crippen molar-refractivity contribution in [2.75, 3.05) is 19.6 Å². The van der Waals surface area contributed by atoms with Crippen molar-refractivity contribution in [2.24, 2.45) is 5.92 Å². The largest absolute Gasteiger partial charge is 0.316 e. The summed E-state index contributed by atoms with van der Waals surface area (Å²) in [6, 6.07) is 9.86. The van der Waals surface area contributed by atoms with Crippen molar-refractivity contribution in [3.05, 3.63) is 35.4 Å². The monoisotopic (exact) mass is 288 g/mol. The summed E-state index contributed by atoms with van der Waals surface area (Å²) in [6.45, 7) is 11.5. The average molecular weight is 288 g/mol. The maximum absolute atomic E-state index is 3.52. The van der Waals surface area contributed by atoms with Crippen molar-refractivity contribution in [1.82, 2.24) is 10.2 Å². The van der Waals surface area contributed by atoms with Crippen LogP contribution in [0.25, 0.3) is 0 Å². The Morgan fingerprint density at radius 3 is 2.48 bits per heavy atom. The van der Waals surface area contributed by atoms with Gasteiger partial charge < -0.3 is 5.32 Å². The fourth-order valence-corrected chi connectivity index (χ4v) is 2.95. The molecule has 0 aliphatic heterocycles. The molecule has 0 saturated heterocycles. The summed E-state index contributed by atoms with van der Waals surface area (Å²) >= 11 is 0. The fourth-order valence-electron chi connectivity index (χ4n) is 2.95. The first kappa shape index (κ1) is 16.5. The predicted molar refractivity (Wildman–Crippen MR) is 91.6 cm³/mol. The van der Waals surface area contributed by atoms with Crippen LogP contribution in [0.4, 0.5) is 0 Å². The molecule has 0 radical (unpaired) electrons. The molecule has 2 nitrogen and oxygen atoms in total. The molecule has 0 heterocycles. The zero-order valence-electron chi connectivity index (χ0n) is 14.1. The van der Waals surface area contributed by atoms with Crippen LogP contribution >= 0.6 is 0 Å². The molecule has 0 unspecified atom stereocenters. The zero-order chi connectivity index (χ0) is 15.1. The first-order valence-electron chi connectivity index (χ1n) is 8.72. The quantitative estimate of drug-likeness (QED) is 0.658. The highest BCUT2D eigenvalue weighted by atomic mass is 15.2. The van der Waals surface area contributed by atoms with Crippen LogP contribution < -0.4 is 5.32 Å². The van der Waals surface area contributed by atoms with E-state index in [9.17, 15) is 0 Å². The maximum Gasteiger partial charge on any atom is 0.0239 e. The Morgan fingerprint density at radius 1 is 1.14 bits per heavy atom. The summed E-state index contributed by atoms with van der Waals surface area (Å²) in [6.07, 6.45) is 5.15. The second-order valence-electron chi connectivity index (χ2n) is 6.82. The SMILES string of the molecule is CCCNCCc1ccccc1CN(CC(C)C)C1CC1. The van der Waals surface area contributed by atoms with Crippen molar-refractivity contribution in [2.45, 2.75) is 59.0 Å². The number of hydrogen-bond acceptors (Lipinski definition) is 2. The normalized spacial score (nSPS) is 15.1. The summed E-state index contributed by atoms with van der Waals surface area (Å²) in [5, 5.41) is 3.52. The van der Waals surface area contributed by atoms with E-state index in [1.807, 2.05) is 0 Å². The average Bonchev–Trinajstić information content (AvgIpc) is 3.28. The van der Waals surface area contributed by atoms with Gasteiger partial charge in [0, 0.05) is 19.1 Å². The minimum absolute atomic E-state index is 0.754. The van der Waals surface area contributed by atoms with Gasteiger partial charge in [-0.25, -0.2) is 0 Å². The van der Waals surface area contributed by atoms with E-state index >= 15 is 0 Å². The third-order valence-electron chi connectivity index (χ3n) is 4.15. The maximum atomic E-state index is 3.52. The summed E-state index contributed by atoms with van der Waals surface area (Å²) in [7, 11) is 0. The summed E-state index contributed by atoms with van der Waals surface area (Å²) in [5.41, 5.74) is 3.05. The lowest BCUT2D eigenvalue weighted by Gasteiger charge is -2.25. The molecule has 1 aliphatic carbocycles. The molecule has 21 heavy (non-hydrogen) atoms. The Morgan fingerprint density at radius 2 is 1.86 bits per heavy atom. The van der Waals surface area contributed by atoms with Gasteiger partial charge in [-0.3, -0.25) is 4.90 Å². The van der Waals surface area contributed by atoms with Crippen LogP contribution in [0, 0.1) is 5.92 Å². The molecule has 0 amide bonds. The van der Waals surface area contributed by atoms with Gasteiger partial charge in [-0.1, -0.05) is 45.0 Å². The van der Waals surface area contributed by atoms with Crippen molar-refractivity contribution in [3.8, 4) is 0 Å². The summed E-state index contributed by atoms with van der Waals surface area (Å²) < 4.78 is 0. The van der Waals surface area contributed by atoms with Crippen molar-refractivity contribution in [1.29, 1.82) is 0 Å². The molecule has 2 heteroatoms. The molecule has 0 atom stereocenters. The van der Waals surface area contributed by atoms with Gasteiger partial charge in [0.15, 0.2) is 0 Å². The molecule has 1 N–H and O–H groups in total. The molecule has 1 aromatic carbocycles. The van der Waals surface area contributed by atoms with E-state index in [1.165, 1.54) is 36.9 Å². The van der Waals surface area contributed by atoms with Gasteiger partial charge in [-0.2, -0.15) is 0 Å². The minimum Gasteiger partial charge on any atom is -0.316 e. The summed E-state index contributed by atoms with van der Waals surface area (Å²) in [4.78, 5) is 2.70. The number of hydrogen-bond donors (Lipinski definition) is 1. The zero-order valence-corrected chi connectivity index (χ0v) is 14.1. The highest BCUT2D eigenvalue weighted by Crippen LogP contribution is 2.29. The molecule has 0 spiro atoms. The second kappa shape index (κ2) is 8.55. The van der Waals surface area contributed by atoms with E-state index in [0.717, 1.165) is 38.0 Å². The van der Waals surface area contributed by atoms with E-state index in [4.69, 9.17) is 0 Å². The Bertz CT molecular complexity index is 410. The highest BCUT2D eigenvalue weighted by Gasteiger charge is 2.29. The molecule has 0 aromatic heterocycles. The van der Waals surface area contributed by atoms with Gasteiger partial charge in [-0.15, -0.1) is 0 Å². The standard InChI is InChI=1S/C19H32N2/c1-4-12-20-13-11-17-7-5-6-8-18(17)15-21(14-16(2)3)19-9-10-19/h5-8,16,19-20H,4,9-15H2,1-3H3. The minimum atomic E-state index is 0.754. The van der Waals surface area contributed by atoms with Gasteiger partial charge in [0.1, 0.15) is 0 Å². The van der Waals surface area contributed by atoms with Crippen LogP contribution in [0.5, 0.6) is 0 Å². The van der Waals surface area contributed by atoms with E-state index in [1.54, 1.807) is 0 Å². The van der Waals surface area contributed by atoms with E-state index in [-0.39, 0.29) is 0 Å². The van der Waals surface area contributed by atoms with Gasteiger partial charge in [0.05, 0.1) is 0 Å². The predicted octanol–water partition coefficient (Wildman–Crippen LogP) is 3.85. The molecule has 1 fully saturated rings. The van der Waals surface area contributed by atoms with E-state index in [0.29, 0.717) is 0 Å². The molecule has 2 rings (SSSR count). The molecular formula is C19H32N2. The molecule has 1 aliphatic rings. The van der Waals surface area contributed by atoms with Gasteiger partial charge in [0.2, 0.25) is 0 Å². The van der Waals surface area contributed by atoms with E-state index in [2.05, 4.69) is 55.3 Å².